The molecule has 1 aliphatic rings. The Balaban J connectivity index is 1.80. The predicted molar refractivity (Wildman–Crippen MR) is 95.2 cm³/mol. The molecule has 4 rings (SSSR count). The third-order valence-electron chi connectivity index (χ3n) is 4.10. The van der Waals surface area contributed by atoms with Gasteiger partial charge in [0.15, 0.2) is 0 Å². The van der Waals surface area contributed by atoms with Crippen molar-refractivity contribution in [2.24, 2.45) is 0 Å². The van der Waals surface area contributed by atoms with Crippen molar-refractivity contribution in [3.63, 3.8) is 0 Å². The van der Waals surface area contributed by atoms with E-state index in [9.17, 15) is 9.59 Å². The van der Waals surface area contributed by atoms with Gasteiger partial charge in [-0.1, -0.05) is 24.3 Å². The van der Waals surface area contributed by atoms with E-state index >= 15 is 0 Å². The Labute approximate surface area is 143 Å². The van der Waals surface area contributed by atoms with E-state index in [4.69, 9.17) is 0 Å². The summed E-state index contributed by atoms with van der Waals surface area (Å²) in [7, 11) is 3.96. The fourth-order valence-corrected chi connectivity index (χ4v) is 3.80. The number of fused-ring (bicyclic) bond motifs is 2. The van der Waals surface area contributed by atoms with E-state index in [0.29, 0.717) is 21.0 Å². The van der Waals surface area contributed by atoms with Gasteiger partial charge >= 0.3 is 0 Å². The third kappa shape index (κ3) is 2.17. The van der Waals surface area contributed by atoms with Crippen LogP contribution < -0.4 is 4.90 Å². The molecule has 24 heavy (non-hydrogen) atoms. The fraction of sp³-hybridized carbons (Fsp3) is 0.105. The van der Waals surface area contributed by atoms with Gasteiger partial charge in [0, 0.05) is 36.5 Å². The first kappa shape index (κ1) is 14.8. The maximum absolute atomic E-state index is 12.7. The lowest BCUT2D eigenvalue weighted by Crippen LogP contribution is -2.19. The molecule has 0 aliphatic heterocycles. The highest BCUT2D eigenvalue weighted by atomic mass is 32.1. The topological polar surface area (TPSA) is 50.3 Å². The molecule has 0 radical (unpaired) electrons. The van der Waals surface area contributed by atoms with Crippen LogP contribution in [0.15, 0.2) is 48.5 Å². The number of thiazole rings is 1. The molecule has 0 saturated heterocycles. The van der Waals surface area contributed by atoms with Crippen molar-refractivity contribution in [2.45, 2.75) is 0 Å². The Morgan fingerprint density at radius 3 is 2.12 bits per heavy atom. The minimum Gasteiger partial charge on any atom is -0.378 e. The summed E-state index contributed by atoms with van der Waals surface area (Å²) in [5.74, 6) is -0.290. The van der Waals surface area contributed by atoms with Crippen molar-refractivity contribution in [1.29, 1.82) is 0 Å². The van der Waals surface area contributed by atoms with E-state index in [2.05, 4.69) is 4.98 Å². The standard InChI is InChI=1S/C19H14N2O2S/c1-21(2)12-9-7-11(8-10-12)19-20-15-16(22)13-5-3-4-6-14(13)17(23)18(15)24-19/h3-10H,1-2H3. The van der Waals surface area contributed by atoms with E-state index in [1.165, 1.54) is 11.3 Å². The maximum Gasteiger partial charge on any atom is 0.213 e. The summed E-state index contributed by atoms with van der Waals surface area (Å²) in [6.07, 6.45) is 0. The lowest BCUT2D eigenvalue weighted by molar-refractivity contribution is 0.0979. The molecule has 4 nitrogen and oxygen atoms in total. The smallest absolute Gasteiger partial charge is 0.213 e. The molecule has 5 heteroatoms. The lowest BCUT2D eigenvalue weighted by Gasteiger charge is -2.11. The normalized spacial score (nSPS) is 12.8. The van der Waals surface area contributed by atoms with Crippen LogP contribution in [0.25, 0.3) is 10.6 Å². The lowest BCUT2D eigenvalue weighted by atomic mass is 9.91. The number of hydrogen-bond acceptors (Lipinski definition) is 5. The quantitative estimate of drug-likeness (QED) is 0.561. The van der Waals surface area contributed by atoms with E-state index in [-0.39, 0.29) is 17.3 Å². The molecule has 3 aromatic rings. The van der Waals surface area contributed by atoms with Gasteiger partial charge in [0.25, 0.3) is 0 Å². The van der Waals surface area contributed by atoms with Crippen LogP contribution in [-0.2, 0) is 0 Å². The Morgan fingerprint density at radius 1 is 0.875 bits per heavy atom. The number of anilines is 1. The van der Waals surface area contributed by atoms with E-state index in [0.717, 1.165) is 11.3 Å². The summed E-state index contributed by atoms with van der Waals surface area (Å²) < 4.78 is 0. The van der Waals surface area contributed by atoms with Gasteiger partial charge in [0.05, 0.1) is 0 Å². The van der Waals surface area contributed by atoms with E-state index in [1.807, 2.05) is 43.3 Å². The number of carbonyl (C=O) groups excluding carboxylic acids is 2. The van der Waals surface area contributed by atoms with E-state index in [1.54, 1.807) is 24.3 Å². The zero-order valence-electron chi connectivity index (χ0n) is 13.2. The first-order valence-corrected chi connectivity index (χ1v) is 8.35. The summed E-state index contributed by atoms with van der Waals surface area (Å²) >= 11 is 1.28. The van der Waals surface area contributed by atoms with Crippen LogP contribution in [-0.4, -0.2) is 30.6 Å². The summed E-state index contributed by atoms with van der Waals surface area (Å²) in [6, 6.07) is 14.8. The first-order chi connectivity index (χ1) is 11.6. The van der Waals surface area contributed by atoms with Crippen molar-refractivity contribution in [2.75, 3.05) is 19.0 Å². The van der Waals surface area contributed by atoms with Crippen molar-refractivity contribution >= 4 is 28.6 Å². The number of rotatable bonds is 2. The molecular formula is C19H14N2O2S. The minimum absolute atomic E-state index is 0.117. The van der Waals surface area contributed by atoms with Gasteiger partial charge in [-0.3, -0.25) is 9.59 Å². The highest BCUT2D eigenvalue weighted by Gasteiger charge is 2.33. The molecule has 118 valence electrons. The number of ketones is 2. The van der Waals surface area contributed by atoms with Gasteiger partial charge < -0.3 is 4.90 Å². The van der Waals surface area contributed by atoms with Crippen molar-refractivity contribution < 1.29 is 9.59 Å². The highest BCUT2D eigenvalue weighted by Crippen LogP contribution is 2.35. The molecule has 1 heterocycles. The Hall–Kier alpha value is -2.79. The molecule has 0 N–H and O–H groups in total. The number of hydrogen-bond donors (Lipinski definition) is 0. The average Bonchev–Trinajstić information content (AvgIpc) is 3.05. The Bertz CT molecular complexity index is 919. The van der Waals surface area contributed by atoms with Gasteiger partial charge in [-0.05, 0) is 24.3 Å². The SMILES string of the molecule is CN(C)c1ccc(-c2nc3c(s2)C(=O)c2ccccc2C3=O)cc1. The molecule has 0 saturated carbocycles. The zero-order valence-corrected chi connectivity index (χ0v) is 14.1. The van der Waals surface area contributed by atoms with Gasteiger partial charge in [-0.25, -0.2) is 4.98 Å². The van der Waals surface area contributed by atoms with Gasteiger partial charge in [0.1, 0.15) is 15.6 Å². The summed E-state index contributed by atoms with van der Waals surface area (Å²) in [4.78, 5) is 32.2. The van der Waals surface area contributed by atoms with Gasteiger partial charge in [-0.2, -0.15) is 0 Å². The summed E-state index contributed by atoms with van der Waals surface area (Å²) in [5, 5.41) is 0.694. The fourth-order valence-electron chi connectivity index (χ4n) is 2.78. The molecule has 0 bridgehead atoms. The maximum atomic E-state index is 12.7. The van der Waals surface area contributed by atoms with Crippen LogP contribution in [0.4, 0.5) is 5.69 Å². The van der Waals surface area contributed by atoms with Crippen LogP contribution in [0.3, 0.4) is 0 Å². The second-order valence-electron chi connectivity index (χ2n) is 5.84. The van der Waals surface area contributed by atoms with Crippen LogP contribution in [0.5, 0.6) is 0 Å². The predicted octanol–water partition coefficient (Wildman–Crippen LogP) is 3.65. The molecule has 2 aromatic carbocycles. The highest BCUT2D eigenvalue weighted by molar-refractivity contribution is 7.17. The zero-order chi connectivity index (χ0) is 16.8. The van der Waals surface area contributed by atoms with Gasteiger partial charge in [-0.15, -0.1) is 11.3 Å². The molecule has 0 amide bonds. The van der Waals surface area contributed by atoms with Gasteiger partial charge in [0.2, 0.25) is 11.6 Å². The molecule has 1 aliphatic carbocycles. The van der Waals surface area contributed by atoms with Crippen molar-refractivity contribution in [3.05, 3.63) is 70.2 Å². The second kappa shape index (κ2) is 5.39. The average molecular weight is 334 g/mol. The Morgan fingerprint density at radius 2 is 1.50 bits per heavy atom. The first-order valence-electron chi connectivity index (χ1n) is 7.53. The number of benzene rings is 2. The van der Waals surface area contributed by atoms with Crippen molar-refractivity contribution in [3.8, 4) is 10.6 Å². The third-order valence-corrected chi connectivity index (χ3v) is 5.20. The minimum atomic E-state index is -0.174. The number of carbonyl (C=O) groups is 2. The number of nitrogens with zero attached hydrogens (tertiary/aromatic N) is 2. The molecule has 0 unspecified atom stereocenters. The molecule has 1 aromatic heterocycles. The van der Waals surface area contributed by atoms with Crippen LogP contribution in [0.2, 0.25) is 0 Å². The van der Waals surface area contributed by atoms with Crippen LogP contribution in [0, 0.1) is 0 Å². The van der Waals surface area contributed by atoms with Crippen LogP contribution >= 0.6 is 11.3 Å². The molecule has 0 spiro atoms. The largest absolute Gasteiger partial charge is 0.378 e. The second-order valence-corrected chi connectivity index (χ2v) is 6.84. The molecule has 0 fully saturated rings. The molecule has 0 atom stereocenters. The van der Waals surface area contributed by atoms with Crippen LogP contribution in [0.1, 0.15) is 31.3 Å². The van der Waals surface area contributed by atoms with E-state index < -0.39 is 0 Å². The molecular weight excluding hydrogens is 320 g/mol. The Kier molecular flexibility index (Phi) is 3.32. The van der Waals surface area contributed by atoms with Crippen molar-refractivity contribution in [1.82, 2.24) is 4.98 Å². The monoisotopic (exact) mass is 334 g/mol. The summed E-state index contributed by atoms with van der Waals surface area (Å²) in [6.45, 7) is 0. The number of aromatic nitrogens is 1. The summed E-state index contributed by atoms with van der Waals surface area (Å²) in [5.41, 5.74) is 3.17.